The predicted molar refractivity (Wildman–Crippen MR) is 165 cm³/mol. The van der Waals surface area contributed by atoms with Crippen molar-refractivity contribution in [2.75, 3.05) is 30.2 Å². The van der Waals surface area contributed by atoms with Crippen molar-refractivity contribution in [2.24, 2.45) is 0 Å². The quantitative estimate of drug-likeness (QED) is 0.215. The van der Waals surface area contributed by atoms with Gasteiger partial charge in [0.25, 0.3) is 0 Å². The molecule has 0 saturated heterocycles. The monoisotopic (exact) mass is 540 g/mol. The highest BCUT2D eigenvalue weighted by atomic mass is 31.1. The average molecular weight is 541 g/mol. The molecule has 2 aliphatic rings. The van der Waals surface area contributed by atoms with Crippen molar-refractivity contribution in [1.82, 2.24) is 0 Å². The molecule has 0 spiro atoms. The van der Waals surface area contributed by atoms with E-state index in [2.05, 4.69) is 114 Å². The van der Waals surface area contributed by atoms with Crippen LogP contribution in [0.3, 0.4) is 0 Å². The summed E-state index contributed by atoms with van der Waals surface area (Å²) in [5, 5.41) is 2.73. The minimum absolute atomic E-state index is 0.268. The number of benzene rings is 4. The molecule has 0 N–H and O–H groups in total. The summed E-state index contributed by atoms with van der Waals surface area (Å²) in [6.07, 6.45) is 3.58. The van der Waals surface area contributed by atoms with E-state index in [1.807, 2.05) is 7.11 Å². The lowest BCUT2D eigenvalue weighted by Gasteiger charge is -2.40. The third kappa shape index (κ3) is 4.25. The minimum Gasteiger partial charge on any atom is -0.496 e. The van der Waals surface area contributed by atoms with Crippen LogP contribution in [-0.4, -0.2) is 31.9 Å². The van der Waals surface area contributed by atoms with Crippen LogP contribution in [-0.2, 0) is 0 Å². The maximum atomic E-state index is 6.03. The minimum atomic E-state index is -0.539. The van der Waals surface area contributed by atoms with E-state index < -0.39 is 7.92 Å². The summed E-state index contributed by atoms with van der Waals surface area (Å²) in [4.78, 5) is 5.22. The van der Waals surface area contributed by atoms with Gasteiger partial charge >= 0.3 is 0 Å². The topological polar surface area (TPSA) is 24.9 Å². The Labute approximate surface area is 229 Å². The molecule has 4 aromatic carbocycles. The number of anilines is 4. The summed E-state index contributed by atoms with van der Waals surface area (Å²) in [6.45, 7) is 2.30. The SMILES string of the molecule is CCCCP1c2c(OC)cccc2N(c2ccccc2)C1C1Pc2c(OC)cccc2N1c1ccccc1. The van der Waals surface area contributed by atoms with E-state index in [0.29, 0.717) is 14.4 Å². The summed E-state index contributed by atoms with van der Waals surface area (Å²) in [7, 11) is 3.67. The molecular weight excluding hydrogens is 506 g/mol. The Balaban J connectivity index is 1.57. The summed E-state index contributed by atoms with van der Waals surface area (Å²) in [6, 6.07) is 34.9. The van der Waals surface area contributed by atoms with Crippen molar-refractivity contribution in [3.8, 4) is 11.5 Å². The van der Waals surface area contributed by atoms with E-state index in [-0.39, 0.29) is 5.78 Å². The van der Waals surface area contributed by atoms with Gasteiger partial charge in [0.15, 0.2) is 0 Å². The first-order chi connectivity index (χ1) is 18.8. The Morgan fingerprint density at radius 2 is 1.32 bits per heavy atom. The van der Waals surface area contributed by atoms with Crippen molar-refractivity contribution >= 4 is 49.9 Å². The van der Waals surface area contributed by atoms with Gasteiger partial charge in [-0.15, -0.1) is 0 Å². The van der Waals surface area contributed by atoms with Crippen molar-refractivity contribution in [2.45, 2.75) is 31.3 Å². The maximum Gasteiger partial charge on any atom is 0.128 e. The van der Waals surface area contributed by atoms with Crippen LogP contribution in [0.5, 0.6) is 11.5 Å². The van der Waals surface area contributed by atoms with Gasteiger partial charge in [-0.05, 0) is 69.0 Å². The molecule has 0 aliphatic carbocycles. The third-order valence-corrected chi connectivity index (χ3v) is 12.4. The zero-order valence-corrected chi connectivity index (χ0v) is 24.1. The Morgan fingerprint density at radius 1 is 0.711 bits per heavy atom. The fraction of sp³-hybridized carbons (Fsp3) is 0.250. The normalized spacial score (nSPS) is 20.4. The van der Waals surface area contributed by atoms with Crippen LogP contribution in [0.1, 0.15) is 19.8 Å². The molecule has 194 valence electrons. The van der Waals surface area contributed by atoms with E-state index in [0.717, 1.165) is 11.5 Å². The molecule has 6 rings (SSSR count). The Bertz CT molecular complexity index is 1400. The zero-order chi connectivity index (χ0) is 26.1. The zero-order valence-electron chi connectivity index (χ0n) is 22.2. The van der Waals surface area contributed by atoms with Crippen LogP contribution in [0, 0.1) is 0 Å². The van der Waals surface area contributed by atoms with Gasteiger partial charge in [0.05, 0.1) is 37.2 Å². The van der Waals surface area contributed by atoms with Crippen molar-refractivity contribution in [1.29, 1.82) is 0 Å². The van der Waals surface area contributed by atoms with Gasteiger partial charge in [-0.1, -0.05) is 70.5 Å². The highest BCUT2D eigenvalue weighted by Gasteiger charge is 2.49. The van der Waals surface area contributed by atoms with Gasteiger partial charge in [-0.3, -0.25) is 0 Å². The van der Waals surface area contributed by atoms with Gasteiger partial charge in [0.1, 0.15) is 11.5 Å². The van der Waals surface area contributed by atoms with Gasteiger partial charge < -0.3 is 19.3 Å². The highest BCUT2D eigenvalue weighted by molar-refractivity contribution is 7.68. The van der Waals surface area contributed by atoms with Gasteiger partial charge in [-0.25, -0.2) is 0 Å². The molecule has 4 nitrogen and oxygen atoms in total. The lowest BCUT2D eigenvalue weighted by molar-refractivity contribution is 0.418. The number of para-hydroxylation sites is 2. The second kappa shape index (κ2) is 11.0. The largest absolute Gasteiger partial charge is 0.496 e. The van der Waals surface area contributed by atoms with E-state index >= 15 is 0 Å². The van der Waals surface area contributed by atoms with Crippen LogP contribution < -0.4 is 29.9 Å². The lowest BCUT2D eigenvalue weighted by atomic mass is 10.2. The smallest absolute Gasteiger partial charge is 0.128 e. The van der Waals surface area contributed by atoms with E-state index in [4.69, 9.17) is 9.47 Å². The summed E-state index contributed by atoms with van der Waals surface area (Å²) in [5.74, 6) is 2.57. The van der Waals surface area contributed by atoms with Crippen LogP contribution in [0.15, 0.2) is 97.1 Å². The molecule has 2 heterocycles. The standard InChI is InChI=1S/C32H34N2O2P2/c1-4-5-22-38-30-26(19-13-21-28(30)36-3)34(24-16-10-7-11-17-24)32(38)31-33(23-14-8-6-9-15-23)25-18-12-20-27(35-2)29(25)37-31/h6-21,31-32,37H,4-5,22H2,1-3H3. The molecule has 6 heteroatoms. The predicted octanol–water partition coefficient (Wildman–Crippen LogP) is 7.57. The molecular formula is C32H34N2O2P2. The first kappa shape index (κ1) is 25.2. The number of methoxy groups -OCH3 is 2. The number of hydrogen-bond acceptors (Lipinski definition) is 4. The number of nitrogens with zero attached hydrogens (tertiary/aromatic N) is 2. The molecule has 0 radical (unpaired) electrons. The molecule has 0 fully saturated rings. The fourth-order valence-corrected chi connectivity index (χ4v) is 11.6. The van der Waals surface area contributed by atoms with Crippen molar-refractivity contribution in [3.05, 3.63) is 97.1 Å². The molecule has 0 saturated carbocycles. The van der Waals surface area contributed by atoms with E-state index in [9.17, 15) is 0 Å². The molecule has 4 atom stereocenters. The van der Waals surface area contributed by atoms with Crippen LogP contribution in [0.2, 0.25) is 0 Å². The molecule has 2 aliphatic heterocycles. The number of unbranched alkanes of at least 4 members (excludes halogenated alkanes) is 1. The van der Waals surface area contributed by atoms with Gasteiger partial charge in [-0.2, -0.15) is 0 Å². The Morgan fingerprint density at radius 3 is 1.95 bits per heavy atom. The lowest BCUT2D eigenvalue weighted by Crippen LogP contribution is -2.42. The first-order valence-electron chi connectivity index (χ1n) is 13.3. The average Bonchev–Trinajstić information content (AvgIpc) is 3.52. The fourth-order valence-electron chi connectivity index (χ4n) is 5.83. The molecule has 0 amide bonds. The third-order valence-electron chi connectivity index (χ3n) is 7.49. The Kier molecular flexibility index (Phi) is 7.28. The number of ether oxygens (including phenoxy) is 2. The highest BCUT2D eigenvalue weighted by Crippen LogP contribution is 2.62. The number of rotatable bonds is 8. The van der Waals surface area contributed by atoms with E-state index in [1.54, 1.807) is 7.11 Å². The van der Waals surface area contributed by atoms with Crippen LogP contribution in [0.4, 0.5) is 22.7 Å². The molecule has 4 unspecified atom stereocenters. The second-order valence-corrected chi connectivity index (χ2v) is 13.4. The van der Waals surface area contributed by atoms with Gasteiger partial charge in [0.2, 0.25) is 0 Å². The summed E-state index contributed by atoms with van der Waals surface area (Å²) < 4.78 is 11.9. The van der Waals surface area contributed by atoms with Crippen molar-refractivity contribution in [3.63, 3.8) is 0 Å². The maximum absolute atomic E-state index is 6.03. The summed E-state index contributed by atoms with van der Waals surface area (Å²) >= 11 is 0. The van der Waals surface area contributed by atoms with Crippen LogP contribution in [0.25, 0.3) is 0 Å². The van der Waals surface area contributed by atoms with Gasteiger partial charge in [0, 0.05) is 22.0 Å². The number of fused-ring (bicyclic) bond motifs is 2. The Hall–Kier alpha value is -3.06. The molecule has 38 heavy (non-hydrogen) atoms. The first-order valence-corrected chi connectivity index (χ1v) is 16.0. The molecule has 0 aromatic heterocycles. The van der Waals surface area contributed by atoms with Crippen molar-refractivity contribution < 1.29 is 9.47 Å². The van der Waals surface area contributed by atoms with Crippen LogP contribution >= 0.6 is 16.5 Å². The number of hydrogen-bond donors (Lipinski definition) is 0. The van der Waals surface area contributed by atoms with E-state index in [1.165, 1.54) is 52.4 Å². The molecule has 4 aromatic rings. The second-order valence-electron chi connectivity index (χ2n) is 9.64. The molecule has 0 bridgehead atoms. The summed E-state index contributed by atoms with van der Waals surface area (Å²) in [5.41, 5.74) is 5.04.